The summed E-state index contributed by atoms with van der Waals surface area (Å²) in [6.45, 7) is 8.62. The van der Waals surface area contributed by atoms with Crippen LogP contribution in [-0.4, -0.2) is 11.7 Å². The van der Waals surface area contributed by atoms with E-state index in [1.165, 1.54) is 5.56 Å². The molecular weight excluding hydrogens is 188 g/mol. The predicted octanol–water partition coefficient (Wildman–Crippen LogP) is 3.15. The van der Waals surface area contributed by atoms with Crippen LogP contribution in [0.5, 0.6) is 5.75 Å². The van der Waals surface area contributed by atoms with Crippen molar-refractivity contribution in [3.8, 4) is 5.75 Å². The van der Waals surface area contributed by atoms with Gasteiger partial charge in [-0.2, -0.15) is 0 Å². The van der Waals surface area contributed by atoms with Crippen LogP contribution in [0.2, 0.25) is 0 Å². The van der Waals surface area contributed by atoms with Gasteiger partial charge >= 0.3 is 0 Å². The van der Waals surface area contributed by atoms with Crippen LogP contribution in [-0.2, 0) is 0 Å². The molecule has 15 heavy (non-hydrogen) atoms. The quantitative estimate of drug-likeness (QED) is 0.823. The summed E-state index contributed by atoms with van der Waals surface area (Å²) < 4.78 is 5.59. The molecular formula is C13H20O2. The van der Waals surface area contributed by atoms with E-state index in [9.17, 15) is 5.11 Å². The molecule has 1 N–H and O–H groups in total. The fraction of sp³-hybridized carbons (Fsp3) is 0.538. The number of hydrogen-bond donors (Lipinski definition) is 1. The van der Waals surface area contributed by atoms with Gasteiger partial charge in [0.15, 0.2) is 0 Å². The number of aliphatic hydroxyl groups excluding tert-OH is 1. The lowest BCUT2D eigenvalue weighted by molar-refractivity contribution is 0.167. The Hall–Kier alpha value is -1.02. The van der Waals surface area contributed by atoms with Crippen LogP contribution in [0, 0.1) is 13.8 Å². The van der Waals surface area contributed by atoms with E-state index < -0.39 is 6.10 Å². The van der Waals surface area contributed by atoms with Gasteiger partial charge in [0.1, 0.15) is 5.75 Å². The molecule has 1 aromatic carbocycles. The summed E-state index contributed by atoms with van der Waals surface area (Å²) in [6.07, 6.45) is 0.285. The van der Waals surface area contributed by atoms with Gasteiger partial charge in [-0.1, -0.05) is 18.6 Å². The third-order valence-corrected chi connectivity index (χ3v) is 2.48. The summed E-state index contributed by atoms with van der Waals surface area (Å²) >= 11 is 0. The monoisotopic (exact) mass is 208 g/mol. The first-order valence-corrected chi connectivity index (χ1v) is 5.52. The molecule has 0 heterocycles. The van der Waals surface area contributed by atoms with Gasteiger partial charge < -0.3 is 9.84 Å². The van der Waals surface area contributed by atoms with Crippen molar-refractivity contribution in [1.29, 1.82) is 0 Å². The minimum atomic E-state index is -0.426. The highest BCUT2D eigenvalue weighted by atomic mass is 16.5. The van der Waals surface area contributed by atoms with Crippen molar-refractivity contribution in [1.82, 2.24) is 0 Å². The first kappa shape index (κ1) is 12.1. The van der Waals surface area contributed by atoms with Crippen LogP contribution >= 0.6 is 0 Å². The maximum absolute atomic E-state index is 9.91. The standard InChI is InChI=1S/C13H20O2/c1-5-12(14)11-8-9(3)7-10(4)13(11)15-6-2/h7-8,12,14H,5-6H2,1-4H3. The van der Waals surface area contributed by atoms with Crippen molar-refractivity contribution in [3.05, 3.63) is 28.8 Å². The number of aryl methyl sites for hydroxylation is 2. The van der Waals surface area contributed by atoms with Gasteiger partial charge in [0, 0.05) is 5.56 Å². The molecule has 0 amide bonds. The Kier molecular flexibility index (Phi) is 4.15. The first-order valence-electron chi connectivity index (χ1n) is 5.52. The van der Waals surface area contributed by atoms with Crippen molar-refractivity contribution in [3.63, 3.8) is 0 Å². The van der Waals surface area contributed by atoms with E-state index in [0.717, 1.165) is 16.9 Å². The Balaban J connectivity index is 3.20. The van der Waals surface area contributed by atoms with E-state index >= 15 is 0 Å². The van der Waals surface area contributed by atoms with Gasteiger partial charge in [-0.3, -0.25) is 0 Å². The number of ether oxygens (including phenoxy) is 1. The average molecular weight is 208 g/mol. The highest BCUT2D eigenvalue weighted by Gasteiger charge is 2.14. The molecule has 0 spiro atoms. The molecule has 0 saturated heterocycles. The number of hydrogen-bond acceptors (Lipinski definition) is 2. The lowest BCUT2D eigenvalue weighted by Gasteiger charge is -2.17. The summed E-state index contributed by atoms with van der Waals surface area (Å²) in [5, 5.41) is 9.91. The van der Waals surface area contributed by atoms with Crippen LogP contribution in [0.25, 0.3) is 0 Å². The highest BCUT2D eigenvalue weighted by Crippen LogP contribution is 2.31. The van der Waals surface area contributed by atoms with Gasteiger partial charge in [0.25, 0.3) is 0 Å². The van der Waals surface area contributed by atoms with E-state index in [4.69, 9.17) is 4.74 Å². The lowest BCUT2D eigenvalue weighted by atomic mass is 10.00. The molecule has 2 nitrogen and oxygen atoms in total. The van der Waals surface area contributed by atoms with Crippen molar-refractivity contribution in [2.45, 2.75) is 40.2 Å². The summed E-state index contributed by atoms with van der Waals surface area (Å²) in [7, 11) is 0. The molecule has 0 aromatic heterocycles. The summed E-state index contributed by atoms with van der Waals surface area (Å²) in [6, 6.07) is 4.09. The van der Waals surface area contributed by atoms with Crippen LogP contribution in [0.3, 0.4) is 0 Å². The minimum Gasteiger partial charge on any atom is -0.493 e. The van der Waals surface area contributed by atoms with Crippen LogP contribution < -0.4 is 4.74 Å². The second-order valence-corrected chi connectivity index (χ2v) is 3.86. The average Bonchev–Trinajstić information content (AvgIpc) is 2.20. The van der Waals surface area contributed by atoms with Gasteiger partial charge in [-0.15, -0.1) is 0 Å². The fourth-order valence-electron chi connectivity index (χ4n) is 1.80. The SMILES string of the molecule is CCOc1c(C)cc(C)cc1C(O)CC. The predicted molar refractivity (Wildman–Crippen MR) is 62.3 cm³/mol. The summed E-state index contributed by atoms with van der Waals surface area (Å²) in [5.41, 5.74) is 3.18. The Morgan fingerprint density at radius 1 is 1.27 bits per heavy atom. The molecule has 0 fully saturated rings. The van der Waals surface area contributed by atoms with Crippen molar-refractivity contribution < 1.29 is 9.84 Å². The Labute approximate surface area is 91.9 Å². The van der Waals surface area contributed by atoms with Crippen LogP contribution in [0.4, 0.5) is 0 Å². The maximum atomic E-state index is 9.91. The third-order valence-electron chi connectivity index (χ3n) is 2.48. The third kappa shape index (κ3) is 2.72. The number of rotatable bonds is 4. The number of benzene rings is 1. The molecule has 0 bridgehead atoms. The smallest absolute Gasteiger partial charge is 0.127 e. The lowest BCUT2D eigenvalue weighted by Crippen LogP contribution is -2.04. The van der Waals surface area contributed by atoms with E-state index in [2.05, 4.69) is 6.07 Å². The molecule has 0 aliphatic carbocycles. The molecule has 1 atom stereocenters. The second-order valence-electron chi connectivity index (χ2n) is 3.86. The number of aliphatic hydroxyl groups is 1. The van der Waals surface area contributed by atoms with Gasteiger partial charge in [0.05, 0.1) is 12.7 Å². The molecule has 1 aromatic rings. The van der Waals surface area contributed by atoms with Crippen molar-refractivity contribution in [2.24, 2.45) is 0 Å². The van der Waals surface area contributed by atoms with Gasteiger partial charge in [0.2, 0.25) is 0 Å². The second kappa shape index (κ2) is 5.17. The van der Waals surface area contributed by atoms with E-state index in [1.807, 2.05) is 33.8 Å². The Morgan fingerprint density at radius 2 is 1.93 bits per heavy atom. The van der Waals surface area contributed by atoms with Crippen LogP contribution in [0.1, 0.15) is 43.1 Å². The van der Waals surface area contributed by atoms with Gasteiger partial charge in [-0.05, 0) is 38.8 Å². The minimum absolute atomic E-state index is 0.426. The first-order chi connectivity index (χ1) is 7.10. The maximum Gasteiger partial charge on any atom is 0.127 e. The zero-order chi connectivity index (χ0) is 11.4. The van der Waals surface area contributed by atoms with Gasteiger partial charge in [-0.25, -0.2) is 0 Å². The molecule has 0 radical (unpaired) electrons. The molecule has 0 aliphatic heterocycles. The van der Waals surface area contributed by atoms with Crippen molar-refractivity contribution in [2.75, 3.05) is 6.61 Å². The largest absolute Gasteiger partial charge is 0.493 e. The Morgan fingerprint density at radius 3 is 2.47 bits per heavy atom. The molecule has 1 rings (SSSR count). The highest BCUT2D eigenvalue weighted by molar-refractivity contribution is 5.45. The van der Waals surface area contributed by atoms with E-state index in [0.29, 0.717) is 13.0 Å². The molecule has 1 unspecified atom stereocenters. The van der Waals surface area contributed by atoms with Crippen LogP contribution in [0.15, 0.2) is 12.1 Å². The van der Waals surface area contributed by atoms with E-state index in [-0.39, 0.29) is 0 Å². The molecule has 84 valence electrons. The van der Waals surface area contributed by atoms with E-state index in [1.54, 1.807) is 0 Å². The summed E-state index contributed by atoms with van der Waals surface area (Å²) in [4.78, 5) is 0. The molecule has 0 saturated carbocycles. The fourth-order valence-corrected chi connectivity index (χ4v) is 1.80. The topological polar surface area (TPSA) is 29.5 Å². The summed E-state index contributed by atoms with van der Waals surface area (Å²) in [5.74, 6) is 0.845. The zero-order valence-corrected chi connectivity index (χ0v) is 10.0. The van der Waals surface area contributed by atoms with Crippen molar-refractivity contribution >= 4 is 0 Å². The Bertz CT molecular complexity index is 332. The normalized spacial score (nSPS) is 12.6. The molecule has 2 heteroatoms. The zero-order valence-electron chi connectivity index (χ0n) is 10.0. The molecule has 0 aliphatic rings.